The van der Waals surface area contributed by atoms with Crippen LogP contribution in [0.1, 0.15) is 142 Å². The van der Waals surface area contributed by atoms with Crippen molar-refractivity contribution >= 4 is 45.3 Å². The molecule has 0 rings (SSSR count). The van der Waals surface area contributed by atoms with Crippen LogP contribution in [-0.2, 0) is 23.9 Å². The number of esters is 1. The zero-order valence-corrected chi connectivity index (χ0v) is 30.5. The summed E-state index contributed by atoms with van der Waals surface area (Å²) in [4.78, 5) is 50.8. The van der Waals surface area contributed by atoms with Crippen LogP contribution in [0.4, 0.5) is 0 Å². The third-order valence-electron chi connectivity index (χ3n) is 7.78. The van der Waals surface area contributed by atoms with Crippen molar-refractivity contribution < 1.29 is 29.0 Å². The molecule has 0 aliphatic rings. The van der Waals surface area contributed by atoms with Gasteiger partial charge >= 0.3 is 11.9 Å². The van der Waals surface area contributed by atoms with Crippen LogP contribution >= 0.6 is 21.6 Å². The Hall–Kier alpha value is -1.46. The lowest BCUT2D eigenvalue weighted by Crippen LogP contribution is -2.41. The number of aliphatic carboxylic acids is 1. The Balaban J connectivity index is 4.06. The Morgan fingerprint density at radius 3 is 1.47 bits per heavy atom. The Kier molecular flexibility index (Phi) is 30.1. The van der Waals surface area contributed by atoms with Crippen molar-refractivity contribution in [2.75, 3.05) is 39.3 Å². The highest BCUT2D eigenvalue weighted by molar-refractivity contribution is 8.76. The van der Waals surface area contributed by atoms with Gasteiger partial charge in [-0.25, -0.2) is 9.59 Å². The first kappa shape index (κ1) is 43.5. The number of methoxy groups -OCH3 is 1. The van der Waals surface area contributed by atoms with Gasteiger partial charge in [-0.3, -0.25) is 9.59 Å². The number of amides is 2. The minimum absolute atomic E-state index is 0.130. The second-order valence-electron chi connectivity index (χ2n) is 12.3. The number of unbranched alkanes of at least 4 members (excludes halogenated alkanes) is 15. The van der Waals surface area contributed by atoms with Crippen LogP contribution < -0.4 is 10.6 Å². The quantitative estimate of drug-likeness (QED) is 0.0381. The van der Waals surface area contributed by atoms with Gasteiger partial charge in [0.1, 0.15) is 12.1 Å². The minimum Gasteiger partial charge on any atom is -0.480 e. The Morgan fingerprint density at radius 1 is 0.644 bits per heavy atom. The maximum absolute atomic E-state index is 12.4. The lowest BCUT2D eigenvalue weighted by molar-refractivity contribution is -0.145. The largest absolute Gasteiger partial charge is 0.480 e. The van der Waals surface area contributed by atoms with E-state index in [4.69, 9.17) is 4.74 Å². The number of nitrogens with one attached hydrogen (secondary N) is 2. The maximum Gasteiger partial charge on any atom is 0.328 e. The Morgan fingerprint density at radius 2 is 1.04 bits per heavy atom. The number of hydrogen-bond acceptors (Lipinski definition) is 8. The number of ether oxygens (including phenoxy) is 1. The SMILES string of the molecule is CCCCCCCCCCCC(=O)NC(CCSSCCC(NC(=O)CCCCCCCCCCN(C)C)C(=O)OC)C(=O)O. The second-order valence-corrected chi connectivity index (χ2v) is 15.0. The minimum atomic E-state index is -1.02. The lowest BCUT2D eigenvalue weighted by Gasteiger charge is -2.16. The van der Waals surface area contributed by atoms with Crippen molar-refractivity contribution in [3.05, 3.63) is 0 Å². The van der Waals surface area contributed by atoms with Crippen molar-refractivity contribution in [1.29, 1.82) is 0 Å². The van der Waals surface area contributed by atoms with Gasteiger partial charge in [0.25, 0.3) is 0 Å². The monoisotopic (exact) mass is 675 g/mol. The van der Waals surface area contributed by atoms with Crippen molar-refractivity contribution in [3.8, 4) is 0 Å². The number of hydrogen-bond donors (Lipinski definition) is 3. The van der Waals surface area contributed by atoms with E-state index in [1.807, 2.05) is 0 Å². The van der Waals surface area contributed by atoms with Crippen molar-refractivity contribution in [1.82, 2.24) is 15.5 Å². The summed E-state index contributed by atoms with van der Waals surface area (Å²) in [5, 5.41) is 15.0. The molecule has 0 aliphatic heterocycles. The highest BCUT2D eigenvalue weighted by atomic mass is 33.1. The Labute approximate surface area is 282 Å². The van der Waals surface area contributed by atoms with Crippen LogP contribution in [0.3, 0.4) is 0 Å². The average molecular weight is 676 g/mol. The summed E-state index contributed by atoms with van der Waals surface area (Å²) in [6.45, 7) is 3.36. The molecule has 45 heavy (non-hydrogen) atoms. The average Bonchev–Trinajstić information content (AvgIpc) is 3.00. The highest BCUT2D eigenvalue weighted by Crippen LogP contribution is 2.24. The summed E-state index contributed by atoms with van der Waals surface area (Å²) in [6, 6.07) is -1.59. The van der Waals surface area contributed by atoms with E-state index in [-0.39, 0.29) is 11.8 Å². The molecule has 0 saturated heterocycles. The van der Waals surface area contributed by atoms with Crippen LogP contribution in [0, 0.1) is 0 Å². The van der Waals surface area contributed by atoms with Gasteiger partial charge in [-0.05, 0) is 52.7 Å². The molecule has 2 amide bonds. The fraction of sp³-hybridized carbons (Fsp3) is 0.882. The van der Waals surface area contributed by atoms with Crippen LogP contribution in [0.5, 0.6) is 0 Å². The second kappa shape index (κ2) is 31.2. The number of nitrogens with zero attached hydrogens (tertiary/aromatic N) is 1. The first-order valence-electron chi connectivity index (χ1n) is 17.5. The van der Waals surface area contributed by atoms with E-state index in [0.717, 1.165) is 45.1 Å². The van der Waals surface area contributed by atoms with Crippen molar-refractivity contribution in [2.24, 2.45) is 0 Å². The molecular formula is C34H65N3O6S2. The van der Waals surface area contributed by atoms with Gasteiger partial charge in [0.05, 0.1) is 7.11 Å². The topological polar surface area (TPSA) is 125 Å². The van der Waals surface area contributed by atoms with Gasteiger partial charge in [0.2, 0.25) is 11.8 Å². The van der Waals surface area contributed by atoms with E-state index in [9.17, 15) is 24.3 Å². The smallest absolute Gasteiger partial charge is 0.328 e. The number of carbonyl (C=O) groups is 4. The third-order valence-corrected chi connectivity index (χ3v) is 10.3. The number of rotatable bonds is 32. The molecule has 0 radical (unpaired) electrons. The standard InChI is InChI=1S/C34H65N3O6S2/c1-5-6-7-8-9-10-13-16-19-22-31(38)35-29(33(40)41)24-27-44-45-28-25-30(34(42)43-4)36-32(39)23-20-17-14-11-12-15-18-21-26-37(2)3/h29-30H,5-28H2,1-4H3,(H,35,38)(H,36,39)(H,40,41). The molecule has 0 aliphatic carbocycles. The van der Waals surface area contributed by atoms with Gasteiger partial charge in [0.15, 0.2) is 0 Å². The van der Waals surface area contributed by atoms with Crippen molar-refractivity contribution in [2.45, 2.75) is 154 Å². The summed E-state index contributed by atoms with van der Waals surface area (Å²) in [5.74, 6) is -0.665. The van der Waals surface area contributed by atoms with E-state index < -0.39 is 24.0 Å². The molecule has 3 N–H and O–H groups in total. The fourth-order valence-corrected chi connectivity index (χ4v) is 7.19. The summed E-state index contributed by atoms with van der Waals surface area (Å²) in [7, 11) is 8.55. The van der Waals surface area contributed by atoms with Crippen LogP contribution in [0.15, 0.2) is 0 Å². The van der Waals surface area contributed by atoms with E-state index in [1.165, 1.54) is 99.3 Å². The third kappa shape index (κ3) is 28.5. The molecule has 0 fully saturated rings. The molecule has 264 valence electrons. The Bertz CT molecular complexity index is 772. The normalized spacial score (nSPS) is 12.6. The molecule has 2 atom stereocenters. The van der Waals surface area contributed by atoms with Crippen molar-refractivity contribution in [3.63, 3.8) is 0 Å². The number of carboxylic acid groups (broad SMARTS) is 1. The van der Waals surface area contributed by atoms with Gasteiger partial charge in [-0.15, -0.1) is 0 Å². The van der Waals surface area contributed by atoms with Gasteiger partial charge in [-0.2, -0.15) is 0 Å². The van der Waals surface area contributed by atoms with Crippen LogP contribution in [0.2, 0.25) is 0 Å². The summed E-state index contributed by atoms with van der Waals surface area (Å²) >= 11 is 0. The maximum atomic E-state index is 12.4. The molecule has 0 spiro atoms. The first-order valence-corrected chi connectivity index (χ1v) is 20.0. The zero-order valence-electron chi connectivity index (χ0n) is 28.9. The van der Waals surface area contributed by atoms with E-state index in [1.54, 1.807) is 0 Å². The molecule has 2 unspecified atom stereocenters. The van der Waals surface area contributed by atoms with Crippen LogP contribution in [0.25, 0.3) is 0 Å². The summed E-state index contributed by atoms with van der Waals surface area (Å²) in [5.41, 5.74) is 0. The molecule has 0 bridgehead atoms. The molecule has 11 heteroatoms. The molecule has 0 heterocycles. The molecule has 0 saturated carbocycles. The molecule has 0 aromatic heterocycles. The van der Waals surface area contributed by atoms with Crippen LogP contribution in [-0.4, -0.2) is 85.1 Å². The summed E-state index contributed by atoms with van der Waals surface area (Å²) in [6.07, 6.45) is 21.2. The lowest BCUT2D eigenvalue weighted by atomic mass is 10.1. The summed E-state index contributed by atoms with van der Waals surface area (Å²) < 4.78 is 4.88. The van der Waals surface area contributed by atoms with Gasteiger partial charge in [-0.1, -0.05) is 118 Å². The van der Waals surface area contributed by atoms with E-state index >= 15 is 0 Å². The van der Waals surface area contributed by atoms with Gasteiger partial charge in [0, 0.05) is 24.3 Å². The fourth-order valence-electron chi connectivity index (χ4n) is 5.00. The van der Waals surface area contributed by atoms with E-state index in [0.29, 0.717) is 37.2 Å². The highest BCUT2D eigenvalue weighted by Gasteiger charge is 2.22. The molecule has 0 aromatic carbocycles. The van der Waals surface area contributed by atoms with Gasteiger partial charge < -0.3 is 25.4 Å². The number of carboxylic acids is 1. The predicted octanol–water partition coefficient (Wildman–Crippen LogP) is 7.37. The molecule has 9 nitrogen and oxygen atoms in total. The first-order chi connectivity index (χ1) is 21.7. The number of carbonyl (C=O) groups excluding carboxylic acids is 3. The zero-order chi connectivity index (χ0) is 33.5. The molecule has 0 aromatic rings. The van der Waals surface area contributed by atoms with E-state index in [2.05, 4.69) is 36.6 Å². The predicted molar refractivity (Wildman–Crippen MR) is 190 cm³/mol. The molecular weight excluding hydrogens is 611 g/mol.